The SMILES string of the molecule is CC(C)(C)OC(=O)N1CCC(Oc2ccc(Cc3cc(C4(O)O[C@H](CO)[C@@H](O)[C@H](O)[C@H]4O)ccc3Cl)cc2)CC1. The van der Waals surface area contributed by atoms with Crippen molar-refractivity contribution in [3.05, 3.63) is 64.2 Å². The molecule has 2 fully saturated rings. The highest BCUT2D eigenvalue weighted by Crippen LogP contribution is 2.38. The van der Waals surface area contributed by atoms with Crippen LogP contribution in [-0.2, 0) is 21.7 Å². The maximum atomic E-state index is 12.3. The number of piperidine rings is 1. The molecular weight excluding hydrogens is 542 g/mol. The number of nitrogens with zero attached hydrogens (tertiary/aromatic N) is 1. The number of carbonyl (C=O) groups is 1. The predicted molar refractivity (Wildman–Crippen MR) is 146 cm³/mol. The van der Waals surface area contributed by atoms with Gasteiger partial charge in [-0.15, -0.1) is 0 Å². The van der Waals surface area contributed by atoms with Crippen LogP contribution in [0, 0.1) is 0 Å². The molecule has 11 heteroatoms. The van der Waals surface area contributed by atoms with Gasteiger partial charge in [-0.3, -0.25) is 0 Å². The predicted octanol–water partition coefficient (Wildman–Crippen LogP) is 2.33. The highest BCUT2D eigenvalue weighted by Gasteiger charge is 2.53. The third-order valence-corrected chi connectivity index (χ3v) is 7.51. The summed E-state index contributed by atoms with van der Waals surface area (Å²) in [6.07, 6.45) is -4.98. The molecule has 40 heavy (non-hydrogen) atoms. The Balaban J connectivity index is 1.38. The van der Waals surface area contributed by atoms with Gasteiger partial charge in [-0.2, -0.15) is 0 Å². The van der Waals surface area contributed by atoms with Gasteiger partial charge in [0.05, 0.1) is 6.61 Å². The molecule has 4 rings (SSSR count). The summed E-state index contributed by atoms with van der Waals surface area (Å²) in [7, 11) is 0. The fourth-order valence-corrected chi connectivity index (χ4v) is 5.09. The normalized spacial score (nSPS) is 27.9. The Hall–Kier alpha value is -2.44. The molecule has 5 atom stereocenters. The van der Waals surface area contributed by atoms with Gasteiger partial charge in [0.25, 0.3) is 0 Å². The first-order valence-corrected chi connectivity index (χ1v) is 13.8. The van der Waals surface area contributed by atoms with Crippen LogP contribution in [0.15, 0.2) is 42.5 Å². The Kier molecular flexibility index (Phi) is 9.31. The third kappa shape index (κ3) is 6.88. The van der Waals surface area contributed by atoms with E-state index < -0.39 is 42.4 Å². The highest BCUT2D eigenvalue weighted by molar-refractivity contribution is 6.31. The number of hydrogen-bond donors (Lipinski definition) is 5. The number of aliphatic hydroxyl groups is 5. The Morgan fingerprint density at radius 1 is 1.07 bits per heavy atom. The van der Waals surface area contributed by atoms with E-state index >= 15 is 0 Å². The van der Waals surface area contributed by atoms with E-state index in [2.05, 4.69) is 0 Å². The molecular formula is C29H38ClNO9. The van der Waals surface area contributed by atoms with Gasteiger partial charge in [-0.05, 0) is 62.6 Å². The van der Waals surface area contributed by atoms with Gasteiger partial charge < -0.3 is 44.6 Å². The van der Waals surface area contributed by atoms with E-state index in [4.69, 9.17) is 25.8 Å². The van der Waals surface area contributed by atoms with Crippen LogP contribution < -0.4 is 4.74 Å². The van der Waals surface area contributed by atoms with Crippen LogP contribution in [0.2, 0.25) is 5.02 Å². The average molecular weight is 580 g/mol. The lowest BCUT2D eigenvalue weighted by Crippen LogP contribution is -2.63. The number of carbonyl (C=O) groups excluding carboxylic acids is 1. The van der Waals surface area contributed by atoms with Gasteiger partial charge in [-0.1, -0.05) is 29.8 Å². The molecule has 1 unspecified atom stereocenters. The van der Waals surface area contributed by atoms with Crippen LogP contribution in [0.3, 0.4) is 0 Å². The molecule has 2 aromatic carbocycles. The van der Waals surface area contributed by atoms with E-state index in [0.29, 0.717) is 48.7 Å². The maximum absolute atomic E-state index is 12.3. The van der Waals surface area contributed by atoms with E-state index in [-0.39, 0.29) is 17.8 Å². The Labute approximate surface area is 238 Å². The molecule has 2 aromatic rings. The van der Waals surface area contributed by atoms with Crippen LogP contribution in [0.1, 0.15) is 50.3 Å². The minimum absolute atomic E-state index is 0.0186. The summed E-state index contributed by atoms with van der Waals surface area (Å²) < 4.78 is 17.0. The lowest BCUT2D eigenvalue weighted by atomic mass is 9.87. The van der Waals surface area contributed by atoms with Gasteiger partial charge in [0.15, 0.2) is 0 Å². The van der Waals surface area contributed by atoms with Crippen LogP contribution in [0.5, 0.6) is 5.75 Å². The quantitative estimate of drug-likeness (QED) is 0.347. The van der Waals surface area contributed by atoms with Crippen LogP contribution in [0.4, 0.5) is 4.79 Å². The zero-order chi connectivity index (χ0) is 29.2. The van der Waals surface area contributed by atoms with E-state index in [1.807, 2.05) is 45.0 Å². The van der Waals surface area contributed by atoms with Crippen molar-refractivity contribution in [2.75, 3.05) is 19.7 Å². The summed E-state index contributed by atoms with van der Waals surface area (Å²) in [5.74, 6) is -1.66. The summed E-state index contributed by atoms with van der Waals surface area (Å²) >= 11 is 6.43. The van der Waals surface area contributed by atoms with E-state index in [1.165, 1.54) is 6.07 Å². The summed E-state index contributed by atoms with van der Waals surface area (Å²) in [5, 5.41) is 51.8. The number of ether oxygens (including phenoxy) is 3. The molecule has 0 aromatic heterocycles. The van der Waals surface area contributed by atoms with Gasteiger partial charge in [-0.25, -0.2) is 4.79 Å². The summed E-state index contributed by atoms with van der Waals surface area (Å²) in [6, 6.07) is 12.1. The third-order valence-electron chi connectivity index (χ3n) is 7.14. The van der Waals surface area contributed by atoms with Gasteiger partial charge in [0.2, 0.25) is 5.79 Å². The summed E-state index contributed by atoms with van der Waals surface area (Å²) in [6.45, 7) is 6.00. The lowest BCUT2D eigenvalue weighted by molar-refractivity contribution is -0.357. The van der Waals surface area contributed by atoms with Crippen LogP contribution >= 0.6 is 11.6 Å². The molecule has 2 aliphatic heterocycles. The fourth-order valence-electron chi connectivity index (χ4n) is 4.91. The van der Waals surface area contributed by atoms with Crippen molar-refractivity contribution in [3.8, 4) is 5.75 Å². The molecule has 1 amide bonds. The second-order valence-electron chi connectivity index (χ2n) is 11.4. The van der Waals surface area contributed by atoms with Gasteiger partial charge in [0, 0.05) is 36.5 Å². The zero-order valence-corrected chi connectivity index (χ0v) is 23.6. The number of likely N-dealkylation sites (tertiary alicyclic amines) is 1. The molecule has 0 bridgehead atoms. The van der Waals surface area contributed by atoms with Crippen molar-refractivity contribution in [2.24, 2.45) is 0 Å². The van der Waals surface area contributed by atoms with Crippen LogP contribution in [0.25, 0.3) is 0 Å². The second kappa shape index (κ2) is 12.2. The van der Waals surface area contributed by atoms with E-state index in [0.717, 1.165) is 5.56 Å². The first-order valence-electron chi connectivity index (χ1n) is 13.4. The zero-order valence-electron chi connectivity index (χ0n) is 22.9. The summed E-state index contributed by atoms with van der Waals surface area (Å²) in [5.41, 5.74) is 1.14. The first-order chi connectivity index (χ1) is 18.8. The van der Waals surface area contributed by atoms with Gasteiger partial charge in [0.1, 0.15) is 41.9 Å². The molecule has 0 aliphatic carbocycles. The minimum Gasteiger partial charge on any atom is -0.490 e. The summed E-state index contributed by atoms with van der Waals surface area (Å²) in [4.78, 5) is 14.0. The smallest absolute Gasteiger partial charge is 0.410 e. The molecule has 2 aliphatic rings. The average Bonchev–Trinajstić information content (AvgIpc) is 2.91. The second-order valence-corrected chi connectivity index (χ2v) is 11.8. The standard InChI is InChI=1S/C29H38ClNO9/c1-28(2,3)40-27(36)31-12-10-21(11-13-31)38-20-7-4-17(5-8-20)14-18-15-19(6-9-22(18)30)29(37)26(35)25(34)24(33)23(16-32)39-29/h4-9,15,21,23-26,32-35,37H,10-14,16H2,1-3H3/t23-,24-,25+,26-,29?/m1/s1. The fraction of sp³-hybridized carbons (Fsp3) is 0.552. The molecule has 0 spiro atoms. The minimum atomic E-state index is -2.36. The highest BCUT2D eigenvalue weighted by atomic mass is 35.5. The number of aliphatic hydroxyl groups excluding tert-OH is 4. The number of rotatable bonds is 6. The van der Waals surface area contributed by atoms with Crippen molar-refractivity contribution >= 4 is 17.7 Å². The largest absolute Gasteiger partial charge is 0.490 e. The Morgan fingerprint density at radius 2 is 1.73 bits per heavy atom. The monoisotopic (exact) mass is 579 g/mol. The van der Waals surface area contributed by atoms with Crippen molar-refractivity contribution in [1.29, 1.82) is 0 Å². The van der Waals surface area contributed by atoms with E-state index in [1.54, 1.807) is 17.0 Å². The Morgan fingerprint density at radius 3 is 2.33 bits per heavy atom. The Bertz CT molecular complexity index is 1160. The van der Waals surface area contributed by atoms with Crippen molar-refractivity contribution in [2.45, 2.75) is 81.9 Å². The molecule has 0 saturated carbocycles. The molecule has 2 heterocycles. The van der Waals surface area contributed by atoms with E-state index in [9.17, 15) is 30.3 Å². The topological polar surface area (TPSA) is 149 Å². The van der Waals surface area contributed by atoms with Crippen molar-refractivity contribution < 1.29 is 44.5 Å². The van der Waals surface area contributed by atoms with Crippen molar-refractivity contribution in [3.63, 3.8) is 0 Å². The molecule has 10 nitrogen and oxygen atoms in total. The molecule has 2 saturated heterocycles. The van der Waals surface area contributed by atoms with Crippen molar-refractivity contribution in [1.82, 2.24) is 4.90 Å². The van der Waals surface area contributed by atoms with Gasteiger partial charge >= 0.3 is 6.09 Å². The number of amides is 1. The van der Waals surface area contributed by atoms with Crippen LogP contribution in [-0.4, -0.2) is 92.3 Å². The maximum Gasteiger partial charge on any atom is 0.410 e. The number of halogens is 1. The lowest BCUT2D eigenvalue weighted by Gasteiger charge is -2.45. The number of benzene rings is 2. The molecule has 0 radical (unpaired) electrons. The molecule has 5 N–H and O–H groups in total. The number of hydrogen-bond acceptors (Lipinski definition) is 9. The molecule has 220 valence electrons. The first kappa shape index (κ1) is 30.5.